The predicted octanol–water partition coefficient (Wildman–Crippen LogP) is 6.36. The van der Waals surface area contributed by atoms with Gasteiger partial charge in [0.05, 0.1) is 0 Å². The lowest BCUT2D eigenvalue weighted by Gasteiger charge is -2.30. The molecule has 0 fully saturated rings. The maximum atomic E-state index is 12.2. The zero-order chi connectivity index (χ0) is 18.4. The molecule has 0 aromatic heterocycles. The SMILES string of the molecule is CC(C)C(C)(C)Oc1ccc(CCCC(=O)c2ccc(Cl)cc2)cc1. The highest BCUT2D eigenvalue weighted by molar-refractivity contribution is 6.30. The first kappa shape index (κ1) is 19.5. The maximum absolute atomic E-state index is 12.2. The number of benzene rings is 2. The number of hydrogen-bond donors (Lipinski definition) is 0. The summed E-state index contributed by atoms with van der Waals surface area (Å²) in [5, 5.41) is 0.652. The average Bonchev–Trinajstić information content (AvgIpc) is 2.56. The van der Waals surface area contributed by atoms with Crippen LogP contribution in [0.4, 0.5) is 0 Å². The van der Waals surface area contributed by atoms with Gasteiger partial charge in [-0.05, 0) is 74.6 Å². The fourth-order valence-electron chi connectivity index (χ4n) is 2.38. The van der Waals surface area contributed by atoms with E-state index in [4.69, 9.17) is 16.3 Å². The fourth-order valence-corrected chi connectivity index (χ4v) is 2.50. The molecule has 0 saturated heterocycles. The number of carbonyl (C=O) groups excluding carboxylic acids is 1. The molecule has 0 spiro atoms. The molecule has 2 aromatic rings. The normalized spacial score (nSPS) is 11.6. The van der Waals surface area contributed by atoms with Crippen molar-refractivity contribution in [3.63, 3.8) is 0 Å². The van der Waals surface area contributed by atoms with Crippen LogP contribution in [-0.4, -0.2) is 11.4 Å². The molecule has 2 nitrogen and oxygen atoms in total. The minimum Gasteiger partial charge on any atom is -0.488 e. The van der Waals surface area contributed by atoms with Gasteiger partial charge in [-0.3, -0.25) is 4.79 Å². The standard InChI is InChI=1S/C22H27ClO2/c1-16(2)22(3,4)25-20-14-8-17(9-15-20)6-5-7-21(24)18-10-12-19(23)13-11-18/h8-16H,5-7H2,1-4H3. The lowest BCUT2D eigenvalue weighted by molar-refractivity contribution is 0.0600. The third kappa shape index (κ3) is 5.89. The highest BCUT2D eigenvalue weighted by atomic mass is 35.5. The molecule has 0 N–H and O–H groups in total. The molecule has 0 aliphatic rings. The van der Waals surface area contributed by atoms with Crippen LogP contribution in [0.3, 0.4) is 0 Å². The molecule has 0 atom stereocenters. The summed E-state index contributed by atoms with van der Waals surface area (Å²) in [4.78, 5) is 12.2. The molecule has 0 aliphatic carbocycles. The van der Waals surface area contributed by atoms with Crippen LogP contribution in [0, 0.1) is 5.92 Å². The number of hydrogen-bond acceptors (Lipinski definition) is 2. The van der Waals surface area contributed by atoms with E-state index in [0.29, 0.717) is 17.4 Å². The van der Waals surface area contributed by atoms with Crippen LogP contribution in [0.25, 0.3) is 0 Å². The van der Waals surface area contributed by atoms with E-state index in [0.717, 1.165) is 24.2 Å². The van der Waals surface area contributed by atoms with E-state index in [1.54, 1.807) is 24.3 Å². The Kier molecular flexibility index (Phi) is 6.66. The third-order valence-corrected chi connectivity index (χ3v) is 4.98. The van der Waals surface area contributed by atoms with E-state index in [1.807, 2.05) is 12.1 Å². The molecule has 0 saturated carbocycles. The number of ketones is 1. The van der Waals surface area contributed by atoms with Crippen molar-refractivity contribution in [2.75, 3.05) is 0 Å². The van der Waals surface area contributed by atoms with E-state index in [1.165, 1.54) is 5.56 Å². The molecular formula is C22H27ClO2. The first-order chi connectivity index (χ1) is 11.8. The van der Waals surface area contributed by atoms with Gasteiger partial charge in [-0.15, -0.1) is 0 Å². The smallest absolute Gasteiger partial charge is 0.162 e. The molecule has 0 bridgehead atoms. The highest BCUT2D eigenvalue weighted by Gasteiger charge is 2.24. The van der Waals surface area contributed by atoms with Crippen LogP contribution in [0.2, 0.25) is 5.02 Å². The van der Waals surface area contributed by atoms with Crippen molar-refractivity contribution in [3.8, 4) is 5.75 Å². The van der Waals surface area contributed by atoms with Crippen LogP contribution >= 0.6 is 11.6 Å². The van der Waals surface area contributed by atoms with Crippen LogP contribution < -0.4 is 4.74 Å². The van der Waals surface area contributed by atoms with Crippen LogP contribution in [0.15, 0.2) is 48.5 Å². The molecule has 2 aromatic carbocycles. The zero-order valence-corrected chi connectivity index (χ0v) is 16.3. The van der Waals surface area contributed by atoms with Crippen molar-refractivity contribution >= 4 is 17.4 Å². The van der Waals surface area contributed by atoms with Crippen molar-refractivity contribution in [3.05, 3.63) is 64.7 Å². The molecular weight excluding hydrogens is 332 g/mol. The second-order valence-corrected chi connectivity index (χ2v) is 7.72. The highest BCUT2D eigenvalue weighted by Crippen LogP contribution is 2.25. The third-order valence-electron chi connectivity index (χ3n) is 4.73. The summed E-state index contributed by atoms with van der Waals surface area (Å²) in [6.07, 6.45) is 2.26. The summed E-state index contributed by atoms with van der Waals surface area (Å²) in [7, 11) is 0. The topological polar surface area (TPSA) is 26.3 Å². The Morgan fingerprint density at radius 2 is 1.64 bits per heavy atom. The molecule has 134 valence electrons. The van der Waals surface area contributed by atoms with Crippen LogP contribution in [0.5, 0.6) is 5.75 Å². The maximum Gasteiger partial charge on any atom is 0.162 e. The van der Waals surface area contributed by atoms with E-state index >= 15 is 0 Å². The Morgan fingerprint density at radius 1 is 1.04 bits per heavy atom. The van der Waals surface area contributed by atoms with Gasteiger partial charge >= 0.3 is 0 Å². The van der Waals surface area contributed by atoms with Crippen molar-refractivity contribution < 1.29 is 9.53 Å². The van der Waals surface area contributed by atoms with Gasteiger partial charge in [0.25, 0.3) is 0 Å². The summed E-state index contributed by atoms with van der Waals surface area (Å²) >= 11 is 5.85. The molecule has 25 heavy (non-hydrogen) atoms. The summed E-state index contributed by atoms with van der Waals surface area (Å²) in [6, 6.07) is 15.3. The van der Waals surface area contributed by atoms with Crippen molar-refractivity contribution in [2.24, 2.45) is 5.92 Å². The lowest BCUT2D eigenvalue weighted by atomic mass is 9.94. The van der Waals surface area contributed by atoms with Gasteiger partial charge in [-0.2, -0.15) is 0 Å². The first-order valence-electron chi connectivity index (χ1n) is 8.84. The van der Waals surface area contributed by atoms with Gasteiger partial charge in [0.15, 0.2) is 5.78 Å². The zero-order valence-electron chi connectivity index (χ0n) is 15.5. The first-order valence-corrected chi connectivity index (χ1v) is 9.22. The number of rotatable bonds is 8. The number of ether oxygens (including phenoxy) is 1. The number of aryl methyl sites for hydroxylation is 1. The molecule has 0 unspecified atom stereocenters. The summed E-state index contributed by atoms with van der Waals surface area (Å²) < 4.78 is 6.06. The largest absolute Gasteiger partial charge is 0.488 e. The number of Topliss-reactive ketones (excluding diaryl/α,β-unsaturated/α-hetero) is 1. The minimum atomic E-state index is -0.188. The predicted molar refractivity (Wildman–Crippen MR) is 105 cm³/mol. The number of halogens is 1. The Labute approximate surface area is 156 Å². The molecule has 0 aliphatic heterocycles. The number of carbonyl (C=O) groups is 1. The summed E-state index contributed by atoms with van der Waals surface area (Å²) in [6.45, 7) is 8.53. The molecule has 0 heterocycles. The quantitative estimate of drug-likeness (QED) is 0.513. The van der Waals surface area contributed by atoms with Crippen LogP contribution in [0.1, 0.15) is 56.5 Å². The van der Waals surface area contributed by atoms with Gasteiger partial charge in [0.1, 0.15) is 11.4 Å². The minimum absolute atomic E-state index is 0.162. The van der Waals surface area contributed by atoms with E-state index in [-0.39, 0.29) is 11.4 Å². The van der Waals surface area contributed by atoms with Gasteiger partial charge in [0.2, 0.25) is 0 Å². The van der Waals surface area contributed by atoms with E-state index in [2.05, 4.69) is 39.8 Å². The Morgan fingerprint density at radius 3 is 2.20 bits per heavy atom. The Bertz CT molecular complexity index is 685. The summed E-state index contributed by atoms with van der Waals surface area (Å²) in [5.41, 5.74) is 1.76. The van der Waals surface area contributed by atoms with Crippen molar-refractivity contribution in [1.29, 1.82) is 0 Å². The lowest BCUT2D eigenvalue weighted by Crippen LogP contribution is -2.34. The molecule has 3 heteroatoms. The fraction of sp³-hybridized carbons (Fsp3) is 0.409. The van der Waals surface area contributed by atoms with Gasteiger partial charge < -0.3 is 4.74 Å². The van der Waals surface area contributed by atoms with Crippen molar-refractivity contribution in [1.82, 2.24) is 0 Å². The van der Waals surface area contributed by atoms with Crippen LogP contribution in [-0.2, 0) is 6.42 Å². The van der Waals surface area contributed by atoms with Crippen molar-refractivity contribution in [2.45, 2.75) is 52.6 Å². The summed E-state index contributed by atoms with van der Waals surface area (Å²) in [5.74, 6) is 1.49. The molecule has 2 rings (SSSR count). The van der Waals surface area contributed by atoms with Gasteiger partial charge in [-0.25, -0.2) is 0 Å². The average molecular weight is 359 g/mol. The van der Waals surface area contributed by atoms with E-state index in [9.17, 15) is 4.79 Å². The van der Waals surface area contributed by atoms with E-state index < -0.39 is 0 Å². The van der Waals surface area contributed by atoms with Gasteiger partial charge in [0, 0.05) is 17.0 Å². The monoisotopic (exact) mass is 358 g/mol. The second kappa shape index (κ2) is 8.53. The second-order valence-electron chi connectivity index (χ2n) is 7.29. The van der Waals surface area contributed by atoms with Gasteiger partial charge in [-0.1, -0.05) is 37.6 Å². The Hall–Kier alpha value is -1.80. The molecule has 0 radical (unpaired) electrons. The molecule has 0 amide bonds. The Balaban J connectivity index is 1.83.